The van der Waals surface area contributed by atoms with Gasteiger partial charge in [-0.3, -0.25) is 0 Å². The van der Waals surface area contributed by atoms with E-state index in [2.05, 4.69) is 20.8 Å². The second-order valence-electron chi connectivity index (χ2n) is 6.84. The fourth-order valence-corrected chi connectivity index (χ4v) is 5.29. The predicted molar refractivity (Wildman–Crippen MR) is 70.6 cm³/mol. The van der Waals surface area contributed by atoms with Crippen LogP contribution in [0.3, 0.4) is 0 Å². The van der Waals surface area contributed by atoms with Crippen LogP contribution in [0.1, 0.15) is 46.5 Å². The number of nitrogens with two attached hydrogens (primary N) is 1. The first-order valence-electron chi connectivity index (χ1n) is 6.35. The van der Waals surface area contributed by atoms with Crippen molar-refractivity contribution in [3.05, 3.63) is 0 Å². The van der Waals surface area contributed by atoms with Gasteiger partial charge in [0.05, 0.1) is 11.1 Å². The number of thioether (sulfide) groups is 1. The molecule has 2 fully saturated rings. The monoisotopic (exact) mass is 243 g/mol. The first kappa shape index (κ1) is 12.7. The standard InChI is InChI=1S/C13H25NOS/c1-10-6-11(2,3)8-13(15,7-10)12(14)4-5-16-9-12/h10,15H,4-9,14H2,1-3H3. The molecule has 0 spiro atoms. The van der Waals surface area contributed by atoms with Gasteiger partial charge in [0.15, 0.2) is 0 Å². The number of hydrogen-bond donors (Lipinski definition) is 2. The fourth-order valence-electron chi connectivity index (χ4n) is 3.86. The van der Waals surface area contributed by atoms with E-state index in [0.717, 1.165) is 30.8 Å². The maximum Gasteiger partial charge on any atom is 0.0842 e. The quantitative estimate of drug-likeness (QED) is 0.743. The van der Waals surface area contributed by atoms with E-state index in [1.165, 1.54) is 6.42 Å². The van der Waals surface area contributed by atoms with Crippen LogP contribution in [0.25, 0.3) is 0 Å². The van der Waals surface area contributed by atoms with Gasteiger partial charge in [0.1, 0.15) is 0 Å². The molecule has 0 aromatic heterocycles. The molecule has 1 saturated heterocycles. The summed E-state index contributed by atoms with van der Waals surface area (Å²) in [4.78, 5) is 0. The molecule has 1 aliphatic carbocycles. The lowest BCUT2D eigenvalue weighted by Gasteiger charge is -2.51. The first-order chi connectivity index (χ1) is 7.27. The van der Waals surface area contributed by atoms with Crippen LogP contribution < -0.4 is 5.73 Å². The molecule has 0 aromatic carbocycles. The molecule has 3 unspecified atom stereocenters. The van der Waals surface area contributed by atoms with Crippen LogP contribution in [0.5, 0.6) is 0 Å². The van der Waals surface area contributed by atoms with Crippen LogP contribution in [-0.2, 0) is 0 Å². The molecule has 16 heavy (non-hydrogen) atoms. The average Bonchev–Trinajstić information content (AvgIpc) is 2.48. The molecule has 1 saturated carbocycles. The lowest BCUT2D eigenvalue weighted by Crippen LogP contribution is -2.64. The third kappa shape index (κ3) is 2.14. The van der Waals surface area contributed by atoms with E-state index in [1.54, 1.807) is 0 Å². The molecular weight excluding hydrogens is 218 g/mol. The molecule has 3 atom stereocenters. The van der Waals surface area contributed by atoms with Gasteiger partial charge in [-0.05, 0) is 42.8 Å². The third-order valence-electron chi connectivity index (χ3n) is 4.34. The second-order valence-corrected chi connectivity index (χ2v) is 7.95. The van der Waals surface area contributed by atoms with Crippen molar-refractivity contribution in [2.24, 2.45) is 17.1 Å². The van der Waals surface area contributed by atoms with Gasteiger partial charge in [0, 0.05) is 5.75 Å². The van der Waals surface area contributed by atoms with Gasteiger partial charge < -0.3 is 10.8 Å². The molecular formula is C13H25NOS. The normalized spacial score (nSPS) is 48.2. The summed E-state index contributed by atoms with van der Waals surface area (Å²) in [6.45, 7) is 6.77. The molecule has 2 nitrogen and oxygen atoms in total. The molecule has 0 aromatic rings. The number of aliphatic hydroxyl groups is 1. The van der Waals surface area contributed by atoms with Crippen molar-refractivity contribution in [3.8, 4) is 0 Å². The van der Waals surface area contributed by atoms with Gasteiger partial charge in [0.2, 0.25) is 0 Å². The highest BCUT2D eigenvalue weighted by molar-refractivity contribution is 7.99. The van der Waals surface area contributed by atoms with Crippen LogP contribution >= 0.6 is 11.8 Å². The van der Waals surface area contributed by atoms with E-state index in [4.69, 9.17) is 5.73 Å². The minimum absolute atomic E-state index is 0.228. The van der Waals surface area contributed by atoms with Gasteiger partial charge in [-0.25, -0.2) is 0 Å². The fraction of sp³-hybridized carbons (Fsp3) is 1.00. The Balaban J connectivity index is 2.23. The van der Waals surface area contributed by atoms with Crippen molar-refractivity contribution < 1.29 is 5.11 Å². The Morgan fingerprint density at radius 1 is 1.31 bits per heavy atom. The Morgan fingerprint density at radius 3 is 2.50 bits per heavy atom. The maximum atomic E-state index is 11.0. The molecule has 0 amide bonds. The molecule has 0 radical (unpaired) electrons. The SMILES string of the molecule is CC1CC(C)(C)CC(O)(C2(N)CCSC2)C1. The minimum Gasteiger partial charge on any atom is -0.388 e. The zero-order valence-corrected chi connectivity index (χ0v) is 11.6. The van der Waals surface area contributed by atoms with Crippen molar-refractivity contribution in [1.82, 2.24) is 0 Å². The summed E-state index contributed by atoms with van der Waals surface area (Å²) in [5.74, 6) is 2.61. The van der Waals surface area contributed by atoms with Crippen LogP contribution in [0.2, 0.25) is 0 Å². The van der Waals surface area contributed by atoms with E-state index in [9.17, 15) is 5.11 Å². The van der Waals surface area contributed by atoms with Gasteiger partial charge >= 0.3 is 0 Å². The highest BCUT2D eigenvalue weighted by atomic mass is 32.2. The second kappa shape index (κ2) is 3.89. The van der Waals surface area contributed by atoms with E-state index >= 15 is 0 Å². The summed E-state index contributed by atoms with van der Waals surface area (Å²) in [6, 6.07) is 0. The van der Waals surface area contributed by atoms with Crippen molar-refractivity contribution in [2.75, 3.05) is 11.5 Å². The van der Waals surface area contributed by atoms with Gasteiger partial charge in [-0.2, -0.15) is 11.8 Å². The molecule has 3 N–H and O–H groups in total. The zero-order valence-electron chi connectivity index (χ0n) is 10.8. The third-order valence-corrected chi connectivity index (χ3v) is 5.55. The Bertz CT molecular complexity index is 273. The lowest BCUT2D eigenvalue weighted by atomic mass is 9.59. The molecule has 1 aliphatic heterocycles. The Morgan fingerprint density at radius 2 is 2.00 bits per heavy atom. The highest BCUT2D eigenvalue weighted by Crippen LogP contribution is 2.50. The van der Waals surface area contributed by atoms with Crippen LogP contribution in [-0.4, -0.2) is 27.8 Å². The van der Waals surface area contributed by atoms with Crippen molar-refractivity contribution >= 4 is 11.8 Å². The van der Waals surface area contributed by atoms with Crippen LogP contribution in [0, 0.1) is 11.3 Å². The van der Waals surface area contributed by atoms with E-state index in [1.807, 2.05) is 11.8 Å². The van der Waals surface area contributed by atoms with E-state index < -0.39 is 5.60 Å². The summed E-state index contributed by atoms with van der Waals surface area (Å²) in [5.41, 5.74) is 5.72. The Labute approximate surface area is 103 Å². The summed E-state index contributed by atoms with van der Waals surface area (Å²) >= 11 is 1.89. The maximum absolute atomic E-state index is 11.0. The summed E-state index contributed by atoms with van der Waals surface area (Å²) in [7, 11) is 0. The van der Waals surface area contributed by atoms with Gasteiger partial charge in [0.25, 0.3) is 0 Å². The zero-order chi connectivity index (χ0) is 12.0. The number of hydrogen-bond acceptors (Lipinski definition) is 3. The smallest absolute Gasteiger partial charge is 0.0842 e. The molecule has 2 aliphatic rings. The highest BCUT2D eigenvalue weighted by Gasteiger charge is 2.54. The van der Waals surface area contributed by atoms with E-state index in [0.29, 0.717) is 5.92 Å². The summed E-state index contributed by atoms with van der Waals surface area (Å²) < 4.78 is 0. The number of rotatable bonds is 1. The van der Waals surface area contributed by atoms with Crippen LogP contribution in [0.15, 0.2) is 0 Å². The van der Waals surface area contributed by atoms with Gasteiger partial charge in [-0.1, -0.05) is 20.8 Å². The van der Waals surface area contributed by atoms with Crippen molar-refractivity contribution in [1.29, 1.82) is 0 Å². The predicted octanol–water partition coefficient (Wildman–Crippen LogP) is 2.40. The van der Waals surface area contributed by atoms with Crippen LogP contribution in [0.4, 0.5) is 0 Å². The summed E-state index contributed by atoms with van der Waals surface area (Å²) in [6.07, 6.45) is 3.92. The largest absolute Gasteiger partial charge is 0.388 e. The molecule has 2 rings (SSSR count). The summed E-state index contributed by atoms with van der Waals surface area (Å²) in [5, 5.41) is 11.0. The first-order valence-corrected chi connectivity index (χ1v) is 7.51. The molecule has 1 heterocycles. The Kier molecular flexibility index (Phi) is 3.09. The lowest BCUT2D eigenvalue weighted by molar-refractivity contribution is -0.103. The van der Waals surface area contributed by atoms with Crippen molar-refractivity contribution in [3.63, 3.8) is 0 Å². The molecule has 3 heteroatoms. The molecule has 94 valence electrons. The Hall–Kier alpha value is 0.270. The van der Waals surface area contributed by atoms with E-state index in [-0.39, 0.29) is 11.0 Å². The molecule has 0 bridgehead atoms. The van der Waals surface area contributed by atoms with Crippen molar-refractivity contribution in [2.45, 2.75) is 57.6 Å². The topological polar surface area (TPSA) is 46.2 Å². The van der Waals surface area contributed by atoms with Gasteiger partial charge in [-0.15, -0.1) is 0 Å². The average molecular weight is 243 g/mol. The minimum atomic E-state index is -0.641.